The van der Waals surface area contributed by atoms with Crippen molar-refractivity contribution in [2.45, 2.75) is 39.0 Å². The van der Waals surface area contributed by atoms with Gasteiger partial charge < -0.3 is 20.6 Å². The number of carbonyl (C=O) groups excluding carboxylic acids is 1. The van der Waals surface area contributed by atoms with Gasteiger partial charge in [0.1, 0.15) is 5.82 Å². The highest BCUT2D eigenvalue weighted by Gasteiger charge is 2.12. The standard InChI is InChI=1S/C17H28N4O2/c1-2-11-21(12-13-22)17(23)19-10-4-6-15-8-7-14-5-3-9-18-16(14)20-15/h7-8,22H,2-6,9-13H2,1H3,(H,18,20)(H,19,23). The minimum atomic E-state index is -0.0963. The second kappa shape index (κ2) is 9.35. The first kappa shape index (κ1) is 17.5. The molecule has 1 aliphatic rings. The Morgan fingerprint density at radius 1 is 1.43 bits per heavy atom. The average molecular weight is 320 g/mol. The summed E-state index contributed by atoms with van der Waals surface area (Å²) in [7, 11) is 0. The van der Waals surface area contributed by atoms with Crippen molar-refractivity contribution < 1.29 is 9.90 Å². The minimum Gasteiger partial charge on any atom is -0.395 e. The van der Waals surface area contributed by atoms with Crippen LogP contribution < -0.4 is 10.6 Å². The molecule has 0 unspecified atom stereocenters. The second-order valence-corrected chi connectivity index (χ2v) is 5.89. The van der Waals surface area contributed by atoms with Gasteiger partial charge in [-0.15, -0.1) is 0 Å². The fraction of sp³-hybridized carbons (Fsp3) is 0.647. The molecule has 0 atom stereocenters. The zero-order valence-corrected chi connectivity index (χ0v) is 14.0. The minimum absolute atomic E-state index is 0.000530. The van der Waals surface area contributed by atoms with Gasteiger partial charge in [-0.25, -0.2) is 9.78 Å². The van der Waals surface area contributed by atoms with E-state index in [2.05, 4.69) is 27.8 Å². The van der Waals surface area contributed by atoms with Crippen LogP contribution in [0.2, 0.25) is 0 Å². The van der Waals surface area contributed by atoms with E-state index < -0.39 is 0 Å². The number of nitrogens with zero attached hydrogens (tertiary/aromatic N) is 2. The molecule has 2 heterocycles. The maximum atomic E-state index is 12.0. The first-order chi connectivity index (χ1) is 11.2. The van der Waals surface area contributed by atoms with Crippen molar-refractivity contribution >= 4 is 11.8 Å². The number of urea groups is 1. The summed E-state index contributed by atoms with van der Waals surface area (Å²) in [6.07, 6.45) is 4.87. The van der Waals surface area contributed by atoms with Crippen LogP contribution in [0.5, 0.6) is 0 Å². The van der Waals surface area contributed by atoms with E-state index in [1.165, 1.54) is 12.0 Å². The molecule has 6 nitrogen and oxygen atoms in total. The van der Waals surface area contributed by atoms with Crippen LogP contribution in [0.4, 0.5) is 10.6 Å². The van der Waals surface area contributed by atoms with E-state index in [1.807, 2.05) is 6.92 Å². The fourth-order valence-corrected chi connectivity index (χ4v) is 2.79. The molecule has 1 aromatic heterocycles. The number of hydrogen-bond acceptors (Lipinski definition) is 4. The van der Waals surface area contributed by atoms with Gasteiger partial charge in [-0.1, -0.05) is 13.0 Å². The highest BCUT2D eigenvalue weighted by molar-refractivity contribution is 5.74. The number of anilines is 1. The van der Waals surface area contributed by atoms with Crippen LogP contribution in [0.25, 0.3) is 0 Å². The smallest absolute Gasteiger partial charge is 0.317 e. The predicted molar refractivity (Wildman–Crippen MR) is 91.7 cm³/mol. The Labute approximate surface area is 138 Å². The Balaban J connectivity index is 1.73. The van der Waals surface area contributed by atoms with Gasteiger partial charge in [0, 0.05) is 31.9 Å². The topological polar surface area (TPSA) is 77.5 Å². The Morgan fingerprint density at radius 3 is 3.09 bits per heavy atom. The molecule has 2 rings (SSSR count). The van der Waals surface area contributed by atoms with Crippen LogP contribution in [-0.4, -0.2) is 53.8 Å². The zero-order chi connectivity index (χ0) is 16.5. The molecular formula is C17H28N4O2. The Bertz CT molecular complexity index is 501. The number of aryl methyl sites for hydroxylation is 2. The van der Waals surface area contributed by atoms with Gasteiger partial charge in [0.05, 0.1) is 6.61 Å². The Morgan fingerprint density at radius 2 is 2.30 bits per heavy atom. The molecule has 2 amide bonds. The molecule has 0 saturated carbocycles. The van der Waals surface area contributed by atoms with Crippen LogP contribution in [0, 0.1) is 0 Å². The van der Waals surface area contributed by atoms with Crippen molar-refractivity contribution in [3.63, 3.8) is 0 Å². The Kier molecular flexibility index (Phi) is 7.13. The number of aliphatic hydroxyl groups excluding tert-OH is 1. The molecule has 6 heteroatoms. The van der Waals surface area contributed by atoms with Crippen LogP contribution in [-0.2, 0) is 12.8 Å². The molecule has 0 aromatic carbocycles. The van der Waals surface area contributed by atoms with Gasteiger partial charge in [0.25, 0.3) is 0 Å². The molecule has 23 heavy (non-hydrogen) atoms. The lowest BCUT2D eigenvalue weighted by atomic mass is 10.1. The molecule has 0 fully saturated rings. The Hall–Kier alpha value is -1.82. The summed E-state index contributed by atoms with van der Waals surface area (Å²) in [5, 5.41) is 15.3. The van der Waals surface area contributed by atoms with Crippen LogP contribution >= 0.6 is 0 Å². The molecule has 0 saturated heterocycles. The number of rotatable bonds is 8. The first-order valence-electron chi connectivity index (χ1n) is 8.61. The quantitative estimate of drug-likeness (QED) is 0.638. The van der Waals surface area contributed by atoms with Crippen LogP contribution in [0.3, 0.4) is 0 Å². The third-order valence-corrected chi connectivity index (χ3v) is 3.99. The number of carbonyl (C=O) groups is 1. The molecular weight excluding hydrogens is 292 g/mol. The number of pyridine rings is 1. The summed E-state index contributed by atoms with van der Waals surface area (Å²) in [4.78, 5) is 18.3. The van der Waals surface area contributed by atoms with Crippen molar-refractivity contribution in [3.05, 3.63) is 23.4 Å². The van der Waals surface area contributed by atoms with E-state index >= 15 is 0 Å². The summed E-state index contributed by atoms with van der Waals surface area (Å²) in [6.45, 7) is 4.70. The summed E-state index contributed by atoms with van der Waals surface area (Å²) in [5.41, 5.74) is 2.36. The van der Waals surface area contributed by atoms with E-state index in [9.17, 15) is 4.79 Å². The van der Waals surface area contributed by atoms with Crippen molar-refractivity contribution in [1.29, 1.82) is 0 Å². The maximum Gasteiger partial charge on any atom is 0.317 e. The van der Waals surface area contributed by atoms with Gasteiger partial charge in [0.2, 0.25) is 0 Å². The molecule has 3 N–H and O–H groups in total. The second-order valence-electron chi connectivity index (χ2n) is 5.89. The molecule has 1 aromatic rings. The van der Waals surface area contributed by atoms with E-state index in [0.29, 0.717) is 19.6 Å². The van der Waals surface area contributed by atoms with E-state index in [0.717, 1.165) is 43.7 Å². The predicted octanol–water partition coefficient (Wildman–Crippen LogP) is 1.79. The fourth-order valence-electron chi connectivity index (χ4n) is 2.79. The van der Waals surface area contributed by atoms with E-state index in [-0.39, 0.29) is 12.6 Å². The van der Waals surface area contributed by atoms with Crippen LogP contribution in [0.1, 0.15) is 37.4 Å². The lowest BCUT2D eigenvalue weighted by molar-refractivity contribution is 0.177. The molecule has 0 aliphatic carbocycles. The van der Waals surface area contributed by atoms with Gasteiger partial charge in [-0.05, 0) is 43.7 Å². The van der Waals surface area contributed by atoms with Crippen molar-refractivity contribution in [1.82, 2.24) is 15.2 Å². The van der Waals surface area contributed by atoms with Gasteiger partial charge >= 0.3 is 6.03 Å². The molecule has 0 radical (unpaired) electrons. The van der Waals surface area contributed by atoms with Crippen molar-refractivity contribution in [3.8, 4) is 0 Å². The largest absolute Gasteiger partial charge is 0.395 e. The normalized spacial score (nSPS) is 13.1. The lowest BCUT2D eigenvalue weighted by Crippen LogP contribution is -2.42. The maximum absolute atomic E-state index is 12.0. The highest BCUT2D eigenvalue weighted by atomic mass is 16.3. The summed E-state index contributed by atoms with van der Waals surface area (Å²) in [5.74, 6) is 1.02. The van der Waals surface area contributed by atoms with Crippen LogP contribution in [0.15, 0.2) is 12.1 Å². The molecule has 0 spiro atoms. The third kappa shape index (κ3) is 5.39. The summed E-state index contributed by atoms with van der Waals surface area (Å²) in [6, 6.07) is 4.15. The SMILES string of the molecule is CCCN(CCO)C(=O)NCCCc1ccc2c(n1)NCCC2. The van der Waals surface area contributed by atoms with Crippen molar-refractivity contribution in [2.24, 2.45) is 0 Å². The van der Waals surface area contributed by atoms with Gasteiger partial charge in [0.15, 0.2) is 0 Å². The highest BCUT2D eigenvalue weighted by Crippen LogP contribution is 2.19. The zero-order valence-electron chi connectivity index (χ0n) is 14.0. The number of amides is 2. The van der Waals surface area contributed by atoms with Gasteiger partial charge in [-0.3, -0.25) is 0 Å². The number of fused-ring (bicyclic) bond motifs is 1. The number of hydrogen-bond donors (Lipinski definition) is 3. The van der Waals surface area contributed by atoms with E-state index in [1.54, 1.807) is 4.90 Å². The first-order valence-corrected chi connectivity index (χ1v) is 8.61. The summed E-state index contributed by atoms with van der Waals surface area (Å²) < 4.78 is 0. The van der Waals surface area contributed by atoms with Crippen molar-refractivity contribution in [2.75, 3.05) is 38.1 Å². The number of aliphatic hydroxyl groups is 1. The lowest BCUT2D eigenvalue weighted by Gasteiger charge is -2.21. The van der Waals surface area contributed by atoms with Gasteiger partial charge in [-0.2, -0.15) is 0 Å². The molecule has 1 aliphatic heterocycles. The number of aromatic nitrogens is 1. The third-order valence-electron chi connectivity index (χ3n) is 3.99. The molecule has 128 valence electrons. The number of nitrogens with one attached hydrogen (secondary N) is 2. The summed E-state index contributed by atoms with van der Waals surface area (Å²) >= 11 is 0. The monoisotopic (exact) mass is 320 g/mol. The molecule has 0 bridgehead atoms. The van der Waals surface area contributed by atoms with E-state index in [4.69, 9.17) is 5.11 Å². The average Bonchev–Trinajstić information content (AvgIpc) is 2.58.